The van der Waals surface area contributed by atoms with Gasteiger partial charge in [-0.15, -0.1) is 11.3 Å². The number of aromatic nitrogens is 4. The molecule has 220 valence electrons. The minimum Gasteiger partial charge on any atom is -0.476 e. The zero-order valence-corrected chi connectivity index (χ0v) is 24.5. The number of hydrogen-bond acceptors (Lipinski definition) is 8. The topological polar surface area (TPSA) is 105 Å². The van der Waals surface area contributed by atoms with Gasteiger partial charge in [0.2, 0.25) is 5.88 Å². The van der Waals surface area contributed by atoms with Crippen LogP contribution in [0.2, 0.25) is 0 Å². The van der Waals surface area contributed by atoms with Gasteiger partial charge in [0.25, 0.3) is 11.8 Å². The summed E-state index contributed by atoms with van der Waals surface area (Å²) >= 11 is 1.29. The molecule has 1 fully saturated rings. The van der Waals surface area contributed by atoms with Gasteiger partial charge in [0, 0.05) is 51.5 Å². The van der Waals surface area contributed by atoms with Crippen molar-refractivity contribution in [3.63, 3.8) is 0 Å². The van der Waals surface area contributed by atoms with E-state index in [1.54, 1.807) is 24.0 Å². The molecule has 0 bridgehead atoms. The Balaban J connectivity index is 1.12. The number of likely N-dealkylation sites (tertiary alicyclic amines) is 1. The van der Waals surface area contributed by atoms with Gasteiger partial charge in [-0.1, -0.05) is 6.07 Å². The zero-order chi connectivity index (χ0) is 29.3. The Morgan fingerprint density at radius 1 is 1.19 bits per heavy atom. The van der Waals surface area contributed by atoms with Crippen LogP contribution in [0.25, 0.3) is 11.3 Å². The molecule has 1 saturated heterocycles. The molecule has 12 heteroatoms. The molecule has 4 aliphatic rings. The number of fused-ring (bicyclic) bond motifs is 4. The van der Waals surface area contributed by atoms with Gasteiger partial charge in [0.1, 0.15) is 5.82 Å². The second-order valence-corrected chi connectivity index (χ2v) is 12.8. The van der Waals surface area contributed by atoms with E-state index < -0.39 is 23.7 Å². The maximum Gasteiger partial charge on any atom is 0.255 e. The van der Waals surface area contributed by atoms with Crippen LogP contribution in [0.3, 0.4) is 0 Å². The number of carbonyl (C=O) groups is 2. The predicted molar refractivity (Wildman–Crippen MR) is 157 cm³/mol. The number of rotatable bonds is 5. The van der Waals surface area contributed by atoms with E-state index in [0.29, 0.717) is 34.6 Å². The van der Waals surface area contributed by atoms with Crippen LogP contribution in [0.5, 0.6) is 5.88 Å². The number of imidazole rings is 1. The summed E-state index contributed by atoms with van der Waals surface area (Å²) in [4.78, 5) is 44.9. The van der Waals surface area contributed by atoms with Crippen LogP contribution in [0.4, 0.5) is 9.52 Å². The van der Waals surface area contributed by atoms with E-state index in [4.69, 9.17) is 9.72 Å². The van der Waals surface area contributed by atoms with Crippen molar-refractivity contribution in [2.75, 3.05) is 32.1 Å². The van der Waals surface area contributed by atoms with Gasteiger partial charge >= 0.3 is 0 Å². The number of piperidine rings is 1. The Morgan fingerprint density at radius 3 is 2.86 bits per heavy atom. The number of carbonyl (C=O) groups excluding carboxylic acids is 2. The lowest BCUT2D eigenvalue weighted by Crippen LogP contribution is -2.41. The number of nitrogens with zero attached hydrogens (tertiary/aromatic N) is 6. The first kappa shape index (κ1) is 26.5. The minimum atomic E-state index is -1.03. The number of nitrogens with one attached hydrogen (secondary N) is 1. The van der Waals surface area contributed by atoms with E-state index in [1.807, 2.05) is 16.7 Å². The molecule has 4 aliphatic heterocycles. The first-order valence-electron chi connectivity index (χ1n) is 14.6. The van der Waals surface area contributed by atoms with Crippen molar-refractivity contribution in [2.24, 2.45) is 0 Å². The molecular weight excluding hydrogens is 569 g/mol. The second kappa shape index (κ2) is 9.95. The fourth-order valence-electron chi connectivity index (χ4n) is 7.01. The molecule has 1 atom stereocenters. The summed E-state index contributed by atoms with van der Waals surface area (Å²) in [6, 6.07) is 6.02. The van der Waals surface area contributed by atoms with Crippen LogP contribution in [-0.2, 0) is 29.7 Å². The molecule has 1 N–H and O–H groups in total. The monoisotopic (exact) mass is 599 g/mol. The summed E-state index contributed by atoms with van der Waals surface area (Å²) in [6.07, 6.45) is 7.02. The van der Waals surface area contributed by atoms with Gasteiger partial charge < -0.3 is 19.1 Å². The highest BCUT2D eigenvalue weighted by molar-refractivity contribution is 7.13. The number of anilines is 1. The molecule has 8 rings (SSSR count). The maximum atomic E-state index is 15.7. The lowest BCUT2D eigenvalue weighted by molar-refractivity contribution is -0.121. The standard InChI is InChI=1S/C31H30FN7O3S/c1-37-10-6-31(7-11-37)16-42-28-21(31)4-5-23(35-28)18-13-19-20(22(32)14-18)15-39(29(19)41)26(27(40)36-30-33-8-12-43-30)25-24-3-2-9-38(24)17-34-25/h4-5,8,12-14,17,26H,2-3,6-7,9-11,15-16H2,1H3,(H,33,36,40). The van der Waals surface area contributed by atoms with Crippen LogP contribution in [0, 0.1) is 5.82 Å². The summed E-state index contributed by atoms with van der Waals surface area (Å²) < 4.78 is 23.8. The van der Waals surface area contributed by atoms with Crippen molar-refractivity contribution in [2.45, 2.75) is 50.2 Å². The molecule has 4 aromatic rings. The Labute approximate surface area is 251 Å². The van der Waals surface area contributed by atoms with E-state index in [0.717, 1.165) is 56.6 Å². The molecule has 0 saturated carbocycles. The van der Waals surface area contributed by atoms with Gasteiger partial charge in [-0.05, 0) is 64.0 Å². The molecule has 0 aliphatic carbocycles. The molecule has 2 amide bonds. The van der Waals surface area contributed by atoms with Crippen LogP contribution in [0.15, 0.2) is 42.2 Å². The molecule has 7 heterocycles. The van der Waals surface area contributed by atoms with Crippen molar-refractivity contribution in [3.8, 4) is 17.1 Å². The van der Waals surface area contributed by atoms with Gasteiger partial charge in [-0.2, -0.15) is 0 Å². The number of benzene rings is 1. The van der Waals surface area contributed by atoms with Crippen molar-refractivity contribution >= 4 is 28.3 Å². The van der Waals surface area contributed by atoms with Crippen LogP contribution < -0.4 is 10.1 Å². The predicted octanol–water partition coefficient (Wildman–Crippen LogP) is 4.18. The highest BCUT2D eigenvalue weighted by Gasteiger charge is 2.44. The highest BCUT2D eigenvalue weighted by Crippen LogP contribution is 2.45. The first-order valence-corrected chi connectivity index (χ1v) is 15.5. The number of ether oxygens (including phenoxy) is 1. The zero-order valence-electron chi connectivity index (χ0n) is 23.7. The molecule has 10 nitrogen and oxygen atoms in total. The summed E-state index contributed by atoms with van der Waals surface area (Å²) in [5.74, 6) is -0.765. The van der Waals surface area contributed by atoms with Gasteiger partial charge in [0.15, 0.2) is 11.2 Å². The van der Waals surface area contributed by atoms with Gasteiger partial charge in [-0.25, -0.2) is 19.3 Å². The molecule has 3 aromatic heterocycles. The fraction of sp³-hybridized carbons (Fsp3) is 0.387. The van der Waals surface area contributed by atoms with E-state index in [-0.39, 0.29) is 23.1 Å². The normalized spacial score (nSPS) is 19.3. The lowest BCUT2D eigenvalue weighted by atomic mass is 9.75. The molecule has 1 aromatic carbocycles. The molecule has 1 unspecified atom stereocenters. The average Bonchev–Trinajstić information content (AvgIpc) is 3.83. The van der Waals surface area contributed by atoms with Crippen LogP contribution >= 0.6 is 11.3 Å². The number of hydrogen-bond donors (Lipinski definition) is 1. The average molecular weight is 600 g/mol. The summed E-state index contributed by atoms with van der Waals surface area (Å²) in [7, 11) is 2.13. The van der Waals surface area contributed by atoms with Crippen LogP contribution in [-0.4, -0.2) is 67.9 Å². The highest BCUT2D eigenvalue weighted by atomic mass is 32.1. The summed E-state index contributed by atoms with van der Waals surface area (Å²) in [6.45, 7) is 3.37. The largest absolute Gasteiger partial charge is 0.476 e. The van der Waals surface area contributed by atoms with E-state index >= 15 is 4.39 Å². The van der Waals surface area contributed by atoms with Crippen LogP contribution in [0.1, 0.15) is 58.2 Å². The van der Waals surface area contributed by atoms with E-state index in [2.05, 4.69) is 27.2 Å². The van der Waals surface area contributed by atoms with Gasteiger partial charge in [0.05, 0.1) is 30.9 Å². The van der Waals surface area contributed by atoms with Crippen molar-refractivity contribution in [3.05, 3.63) is 76.1 Å². The van der Waals surface area contributed by atoms with E-state index in [9.17, 15) is 9.59 Å². The molecule has 1 spiro atoms. The Bertz CT molecular complexity index is 1760. The number of aryl methyl sites for hydroxylation is 1. The molecule has 0 radical (unpaired) electrons. The maximum absolute atomic E-state index is 15.7. The van der Waals surface area contributed by atoms with Crippen molar-refractivity contribution in [1.82, 2.24) is 29.3 Å². The Morgan fingerprint density at radius 2 is 2.05 bits per heavy atom. The van der Waals surface area contributed by atoms with Gasteiger partial charge in [-0.3, -0.25) is 14.9 Å². The third kappa shape index (κ3) is 4.26. The second-order valence-electron chi connectivity index (χ2n) is 11.9. The van der Waals surface area contributed by atoms with E-state index in [1.165, 1.54) is 22.3 Å². The summed E-state index contributed by atoms with van der Waals surface area (Å²) in [5.41, 5.74) is 4.05. The number of amides is 2. The first-order chi connectivity index (χ1) is 20.9. The number of pyridine rings is 1. The van der Waals surface area contributed by atoms with Crippen molar-refractivity contribution < 1.29 is 18.7 Å². The Hall–Kier alpha value is -4.16. The Kier molecular flexibility index (Phi) is 6.12. The minimum absolute atomic E-state index is 0.0332. The molecule has 43 heavy (non-hydrogen) atoms. The smallest absolute Gasteiger partial charge is 0.255 e. The lowest BCUT2D eigenvalue weighted by Gasteiger charge is -2.36. The SMILES string of the molecule is CN1CCC2(CC1)COc1nc(-c3cc(F)c4c(c3)C(=O)N(C(C(=O)Nc3nccs3)c3ncn5c3CCC5)C4)ccc12. The third-order valence-corrected chi connectivity index (χ3v) is 10.1. The fourth-order valence-corrected chi connectivity index (χ4v) is 7.54. The number of halogens is 1. The third-order valence-electron chi connectivity index (χ3n) is 9.44. The molecular formula is C31H30FN7O3S. The summed E-state index contributed by atoms with van der Waals surface area (Å²) in [5, 5.41) is 5.02. The quantitative estimate of drug-likeness (QED) is 0.367. The number of thiazole rings is 1. The van der Waals surface area contributed by atoms with Crippen molar-refractivity contribution in [1.29, 1.82) is 0 Å².